The summed E-state index contributed by atoms with van der Waals surface area (Å²) in [6.45, 7) is 5.67. The van der Waals surface area contributed by atoms with E-state index in [4.69, 9.17) is 46.4 Å². The van der Waals surface area contributed by atoms with E-state index in [-0.39, 0.29) is 17.9 Å². The molecule has 6 nitrogen and oxygen atoms in total. The molecule has 0 radical (unpaired) electrons. The number of hydrogen-bond donors (Lipinski definition) is 2. The second kappa shape index (κ2) is 15.0. The Labute approximate surface area is 295 Å². The molecule has 2 aliphatic heterocycles. The molecule has 4 aromatic rings. The van der Waals surface area contributed by atoms with Gasteiger partial charge in [-0.05, 0) is 101 Å². The van der Waals surface area contributed by atoms with Crippen LogP contribution in [-0.2, 0) is 41.9 Å². The lowest BCUT2D eigenvalue weighted by molar-refractivity contribution is -0.117. The lowest BCUT2D eigenvalue weighted by Crippen LogP contribution is -2.38. The summed E-state index contributed by atoms with van der Waals surface area (Å²) >= 11 is 24.7. The Balaban J connectivity index is 1.12. The first-order valence-electron chi connectivity index (χ1n) is 15.8. The van der Waals surface area contributed by atoms with Crippen molar-refractivity contribution < 1.29 is 9.59 Å². The van der Waals surface area contributed by atoms with Gasteiger partial charge in [0, 0.05) is 63.5 Å². The third-order valence-electron chi connectivity index (χ3n) is 8.96. The lowest BCUT2D eigenvalue weighted by atomic mass is 9.89. The van der Waals surface area contributed by atoms with Crippen LogP contribution < -0.4 is 10.6 Å². The SMILES string of the molecule is CC(=O)Nc1ccc2c(c1)CCN(CCc1ccc(Cl)c(Cl)c1)C2CC(=O)Nc1ccc2c(c1)CN(CCc1ccc(Cl)c(Cl)c1)C2. The van der Waals surface area contributed by atoms with Crippen LogP contribution in [-0.4, -0.2) is 41.2 Å². The number of fused-ring (bicyclic) bond motifs is 2. The summed E-state index contributed by atoms with van der Waals surface area (Å²) in [7, 11) is 0. The summed E-state index contributed by atoms with van der Waals surface area (Å²) in [4.78, 5) is 30.1. The Morgan fingerprint density at radius 1 is 0.702 bits per heavy atom. The van der Waals surface area contributed by atoms with E-state index in [9.17, 15) is 9.59 Å². The number of carbonyl (C=O) groups excluding carboxylic acids is 2. The normalized spacial score (nSPS) is 16.1. The summed E-state index contributed by atoms with van der Waals surface area (Å²) in [5.74, 6) is -0.147. The van der Waals surface area contributed by atoms with E-state index in [1.165, 1.54) is 18.1 Å². The predicted molar refractivity (Wildman–Crippen MR) is 193 cm³/mol. The van der Waals surface area contributed by atoms with Crippen LogP contribution in [0.15, 0.2) is 72.8 Å². The van der Waals surface area contributed by atoms with Gasteiger partial charge in [0.05, 0.1) is 20.1 Å². The van der Waals surface area contributed by atoms with Gasteiger partial charge in [0.15, 0.2) is 0 Å². The van der Waals surface area contributed by atoms with Gasteiger partial charge < -0.3 is 10.6 Å². The van der Waals surface area contributed by atoms with Crippen LogP contribution in [0.2, 0.25) is 20.1 Å². The highest BCUT2D eigenvalue weighted by atomic mass is 35.5. The molecule has 10 heteroatoms. The summed E-state index contributed by atoms with van der Waals surface area (Å²) in [6, 6.07) is 23.6. The number of anilines is 2. The van der Waals surface area contributed by atoms with Crippen molar-refractivity contribution in [3.05, 3.63) is 126 Å². The molecule has 1 atom stereocenters. The molecule has 244 valence electrons. The minimum absolute atomic E-state index is 0.0391. The van der Waals surface area contributed by atoms with Gasteiger partial charge in [-0.3, -0.25) is 19.4 Å². The fourth-order valence-electron chi connectivity index (χ4n) is 6.59. The Kier molecular flexibility index (Phi) is 10.8. The number of benzene rings is 4. The van der Waals surface area contributed by atoms with Crippen LogP contribution in [0.5, 0.6) is 0 Å². The molecule has 0 bridgehead atoms. The Bertz CT molecular complexity index is 1810. The van der Waals surface area contributed by atoms with Crippen molar-refractivity contribution in [3.63, 3.8) is 0 Å². The molecule has 1 unspecified atom stereocenters. The Morgan fingerprint density at radius 3 is 2.00 bits per heavy atom. The molecule has 4 aromatic carbocycles. The minimum Gasteiger partial charge on any atom is -0.326 e. The molecule has 0 saturated carbocycles. The maximum Gasteiger partial charge on any atom is 0.226 e. The van der Waals surface area contributed by atoms with Crippen molar-refractivity contribution in [2.75, 3.05) is 30.3 Å². The maximum atomic E-state index is 13.6. The van der Waals surface area contributed by atoms with Crippen LogP contribution in [0.4, 0.5) is 11.4 Å². The van der Waals surface area contributed by atoms with E-state index >= 15 is 0 Å². The maximum absolute atomic E-state index is 13.6. The zero-order valence-electron chi connectivity index (χ0n) is 26.1. The van der Waals surface area contributed by atoms with Crippen LogP contribution >= 0.6 is 46.4 Å². The van der Waals surface area contributed by atoms with Crippen LogP contribution in [0.25, 0.3) is 0 Å². The number of carbonyl (C=O) groups is 2. The van der Waals surface area contributed by atoms with E-state index in [0.29, 0.717) is 26.5 Å². The number of nitrogens with one attached hydrogen (secondary N) is 2. The minimum atomic E-state index is -0.112. The van der Waals surface area contributed by atoms with Crippen molar-refractivity contribution in [3.8, 4) is 0 Å². The van der Waals surface area contributed by atoms with Gasteiger partial charge in [0.2, 0.25) is 11.8 Å². The number of halogens is 4. The molecule has 2 aliphatic rings. The third kappa shape index (κ3) is 8.50. The zero-order chi connectivity index (χ0) is 33.1. The smallest absolute Gasteiger partial charge is 0.226 e. The molecule has 0 fully saturated rings. The molecule has 2 N–H and O–H groups in total. The molecular weight excluding hydrogens is 674 g/mol. The molecule has 2 heterocycles. The first-order valence-corrected chi connectivity index (χ1v) is 17.3. The van der Waals surface area contributed by atoms with E-state index in [1.54, 1.807) is 0 Å². The van der Waals surface area contributed by atoms with Crippen molar-refractivity contribution in [2.24, 2.45) is 0 Å². The highest BCUT2D eigenvalue weighted by Gasteiger charge is 2.30. The average molecular weight is 711 g/mol. The number of nitrogens with zero attached hydrogens (tertiary/aromatic N) is 2. The van der Waals surface area contributed by atoms with Gasteiger partial charge in [-0.25, -0.2) is 0 Å². The quantitative estimate of drug-likeness (QED) is 0.173. The topological polar surface area (TPSA) is 64.7 Å². The summed E-state index contributed by atoms with van der Waals surface area (Å²) in [5.41, 5.74) is 8.60. The standard InChI is InChI=1S/C37H36Cl4N4O2/c1-23(46)42-29-6-7-31-26(18-29)12-15-45(14-11-25-3-9-33(39)35(41)17-25)36(31)20-37(47)43-30-5-4-27-21-44(22-28(27)19-30)13-10-24-2-8-32(38)34(40)16-24/h2-9,16-19,36H,10-15,20-22H2,1H3,(H,42,46)(H,43,47). The summed E-state index contributed by atoms with van der Waals surface area (Å²) in [5, 5.41) is 8.29. The average Bonchev–Trinajstić information content (AvgIpc) is 3.44. The predicted octanol–water partition coefficient (Wildman–Crippen LogP) is 8.99. The second-order valence-electron chi connectivity index (χ2n) is 12.3. The van der Waals surface area contributed by atoms with Gasteiger partial charge in [-0.1, -0.05) is 70.7 Å². The van der Waals surface area contributed by atoms with Crippen molar-refractivity contribution >= 4 is 69.6 Å². The molecular formula is C37H36Cl4N4O2. The summed E-state index contributed by atoms with van der Waals surface area (Å²) < 4.78 is 0. The van der Waals surface area contributed by atoms with Crippen molar-refractivity contribution in [2.45, 2.75) is 51.7 Å². The second-order valence-corrected chi connectivity index (χ2v) is 14.0. The summed E-state index contributed by atoms with van der Waals surface area (Å²) in [6.07, 6.45) is 2.79. The number of amides is 2. The fraction of sp³-hybridized carbons (Fsp3) is 0.297. The van der Waals surface area contributed by atoms with Gasteiger partial charge in [-0.2, -0.15) is 0 Å². The van der Waals surface area contributed by atoms with Crippen LogP contribution in [0, 0.1) is 0 Å². The van der Waals surface area contributed by atoms with Gasteiger partial charge >= 0.3 is 0 Å². The molecule has 47 heavy (non-hydrogen) atoms. The first kappa shape index (κ1) is 33.8. The largest absolute Gasteiger partial charge is 0.326 e. The van der Waals surface area contributed by atoms with E-state index in [0.717, 1.165) is 85.6 Å². The fourth-order valence-corrected chi connectivity index (χ4v) is 7.23. The number of hydrogen-bond acceptors (Lipinski definition) is 4. The molecule has 6 rings (SSSR count). The van der Waals surface area contributed by atoms with Crippen molar-refractivity contribution in [1.82, 2.24) is 9.80 Å². The van der Waals surface area contributed by atoms with Gasteiger partial charge in [0.25, 0.3) is 0 Å². The van der Waals surface area contributed by atoms with Crippen LogP contribution in [0.3, 0.4) is 0 Å². The molecule has 2 amide bonds. The first-order chi connectivity index (χ1) is 22.6. The third-order valence-corrected chi connectivity index (χ3v) is 10.4. The van der Waals surface area contributed by atoms with E-state index < -0.39 is 0 Å². The molecule has 0 saturated heterocycles. The zero-order valence-corrected chi connectivity index (χ0v) is 29.1. The molecule has 0 aliphatic carbocycles. The van der Waals surface area contributed by atoms with Gasteiger partial charge in [-0.15, -0.1) is 0 Å². The van der Waals surface area contributed by atoms with Gasteiger partial charge in [0.1, 0.15) is 0 Å². The van der Waals surface area contributed by atoms with Crippen LogP contribution in [0.1, 0.15) is 52.8 Å². The monoisotopic (exact) mass is 708 g/mol. The van der Waals surface area contributed by atoms with E-state index in [2.05, 4.69) is 32.6 Å². The lowest BCUT2D eigenvalue weighted by Gasteiger charge is -2.37. The van der Waals surface area contributed by atoms with E-state index in [1.807, 2.05) is 60.7 Å². The molecule has 0 aromatic heterocycles. The Morgan fingerprint density at radius 2 is 1.32 bits per heavy atom. The Hall–Kier alpha value is -3.10. The molecule has 0 spiro atoms. The number of rotatable bonds is 10. The highest BCUT2D eigenvalue weighted by molar-refractivity contribution is 6.42. The highest BCUT2D eigenvalue weighted by Crippen LogP contribution is 2.35. The van der Waals surface area contributed by atoms with Crippen molar-refractivity contribution in [1.29, 1.82) is 0 Å².